The Morgan fingerprint density at radius 3 is 1.85 bits per heavy atom. The molecule has 0 spiro atoms. The van der Waals surface area contributed by atoms with Gasteiger partial charge in [0.2, 0.25) is 0 Å². The highest BCUT2D eigenvalue weighted by Crippen LogP contribution is 2.26. The van der Waals surface area contributed by atoms with Gasteiger partial charge in [0.05, 0.1) is 29.4 Å². The van der Waals surface area contributed by atoms with Crippen molar-refractivity contribution >= 4 is 0 Å². The Kier molecular flexibility index (Phi) is 5.22. The van der Waals surface area contributed by atoms with Crippen LogP contribution in [0.2, 0.25) is 0 Å². The molecule has 4 aromatic rings. The lowest BCUT2D eigenvalue weighted by atomic mass is 10.1. The summed E-state index contributed by atoms with van der Waals surface area (Å²) in [5.74, 6) is 0. The van der Waals surface area contributed by atoms with Gasteiger partial charge >= 0.3 is 0 Å². The maximum Gasteiger partial charge on any atom is 0.142 e. The van der Waals surface area contributed by atoms with E-state index in [1.165, 1.54) is 0 Å². The van der Waals surface area contributed by atoms with Crippen LogP contribution < -0.4 is 0 Å². The molecule has 0 aliphatic heterocycles. The van der Waals surface area contributed by atoms with Crippen molar-refractivity contribution in [2.45, 2.75) is 12.7 Å². The average molecular weight is 354 g/mol. The maximum atomic E-state index is 6.27. The second kappa shape index (κ2) is 8.29. The van der Waals surface area contributed by atoms with Crippen LogP contribution >= 0.6 is 0 Å². The normalized spacial score (nSPS) is 10.9. The average Bonchev–Trinajstić information content (AvgIpc) is 2.76. The predicted molar refractivity (Wildman–Crippen MR) is 103 cm³/mol. The number of pyridine rings is 4. The second-order valence-corrected chi connectivity index (χ2v) is 5.93. The van der Waals surface area contributed by atoms with Crippen molar-refractivity contribution in [3.8, 4) is 11.4 Å². The fourth-order valence-electron chi connectivity index (χ4n) is 2.85. The van der Waals surface area contributed by atoms with Crippen LogP contribution in [0.25, 0.3) is 11.4 Å². The Hall–Kier alpha value is -3.44. The van der Waals surface area contributed by atoms with Crippen LogP contribution in [0, 0.1) is 0 Å². The highest BCUT2D eigenvalue weighted by atomic mass is 16.5. The first-order valence-corrected chi connectivity index (χ1v) is 8.70. The quantitative estimate of drug-likeness (QED) is 0.518. The highest BCUT2D eigenvalue weighted by molar-refractivity contribution is 5.58. The topological polar surface area (TPSA) is 60.8 Å². The first kappa shape index (κ1) is 17.0. The molecule has 0 saturated carbocycles. The number of aromatic nitrogens is 4. The van der Waals surface area contributed by atoms with Crippen molar-refractivity contribution < 1.29 is 4.74 Å². The zero-order chi connectivity index (χ0) is 18.3. The Balaban J connectivity index is 1.63. The van der Waals surface area contributed by atoms with E-state index in [0.717, 1.165) is 28.3 Å². The van der Waals surface area contributed by atoms with Crippen LogP contribution in [0.5, 0.6) is 0 Å². The number of hydrogen-bond donors (Lipinski definition) is 0. The van der Waals surface area contributed by atoms with Gasteiger partial charge < -0.3 is 4.74 Å². The van der Waals surface area contributed by atoms with E-state index in [-0.39, 0.29) is 6.10 Å². The van der Waals surface area contributed by atoms with Crippen molar-refractivity contribution in [2.75, 3.05) is 0 Å². The molecule has 0 aliphatic carbocycles. The minimum Gasteiger partial charge on any atom is -0.361 e. The molecule has 0 saturated heterocycles. The molecule has 0 unspecified atom stereocenters. The summed E-state index contributed by atoms with van der Waals surface area (Å²) in [5, 5.41) is 0. The summed E-state index contributed by atoms with van der Waals surface area (Å²) < 4.78 is 6.27. The predicted octanol–water partition coefficient (Wildman–Crippen LogP) is 4.24. The molecule has 4 aromatic heterocycles. The van der Waals surface area contributed by atoms with Gasteiger partial charge in [-0.3, -0.25) is 19.9 Å². The van der Waals surface area contributed by atoms with E-state index in [4.69, 9.17) is 4.74 Å². The van der Waals surface area contributed by atoms with E-state index in [0.29, 0.717) is 6.61 Å². The molecule has 5 nitrogen and oxygen atoms in total. The van der Waals surface area contributed by atoms with Gasteiger partial charge in [0.1, 0.15) is 6.10 Å². The Bertz CT molecular complexity index is 939. The molecule has 27 heavy (non-hydrogen) atoms. The smallest absolute Gasteiger partial charge is 0.142 e. The van der Waals surface area contributed by atoms with Gasteiger partial charge in [-0.05, 0) is 42.5 Å². The lowest BCUT2D eigenvalue weighted by Gasteiger charge is -2.18. The SMILES string of the molecule is c1ccc(-c2ncccc2COC(c2ccccn2)c2ccccn2)nc1. The van der Waals surface area contributed by atoms with E-state index in [1.807, 2.05) is 66.7 Å². The van der Waals surface area contributed by atoms with Crippen molar-refractivity contribution in [3.05, 3.63) is 108 Å². The van der Waals surface area contributed by atoms with Crippen LogP contribution in [0.1, 0.15) is 23.1 Å². The number of hydrogen-bond acceptors (Lipinski definition) is 5. The molecule has 0 bridgehead atoms. The largest absolute Gasteiger partial charge is 0.361 e. The van der Waals surface area contributed by atoms with Crippen LogP contribution in [-0.4, -0.2) is 19.9 Å². The molecule has 0 aromatic carbocycles. The van der Waals surface area contributed by atoms with Crippen molar-refractivity contribution in [1.82, 2.24) is 19.9 Å². The molecular formula is C22H18N4O. The molecule has 0 aliphatic rings. The van der Waals surface area contributed by atoms with E-state index in [1.54, 1.807) is 24.8 Å². The fraction of sp³-hybridized carbons (Fsp3) is 0.0909. The van der Waals surface area contributed by atoms with Gasteiger partial charge in [-0.15, -0.1) is 0 Å². The molecule has 0 fully saturated rings. The van der Waals surface area contributed by atoms with E-state index in [9.17, 15) is 0 Å². The van der Waals surface area contributed by atoms with Gasteiger partial charge in [0.15, 0.2) is 0 Å². The van der Waals surface area contributed by atoms with E-state index in [2.05, 4.69) is 19.9 Å². The third-order valence-corrected chi connectivity index (χ3v) is 4.12. The third kappa shape index (κ3) is 4.04. The molecule has 0 atom stereocenters. The Labute approximate surface area is 157 Å². The Morgan fingerprint density at radius 1 is 0.630 bits per heavy atom. The molecule has 4 rings (SSSR count). The highest BCUT2D eigenvalue weighted by Gasteiger charge is 2.18. The lowest BCUT2D eigenvalue weighted by molar-refractivity contribution is 0.0614. The summed E-state index contributed by atoms with van der Waals surface area (Å²) in [4.78, 5) is 17.8. The molecule has 0 amide bonds. The summed E-state index contributed by atoms with van der Waals surface area (Å²) in [6.45, 7) is 0.373. The first-order valence-electron chi connectivity index (χ1n) is 8.70. The summed E-state index contributed by atoms with van der Waals surface area (Å²) in [7, 11) is 0. The standard InChI is InChI=1S/C22H18N4O/c1-4-12-23-18(9-1)21-17(8-7-15-26-21)16-27-22(19-10-2-5-13-24-19)20-11-3-6-14-25-20/h1-15,22H,16H2. The molecule has 0 N–H and O–H groups in total. The van der Waals surface area contributed by atoms with Crippen LogP contribution in [0.15, 0.2) is 91.5 Å². The van der Waals surface area contributed by atoms with Gasteiger partial charge in [0, 0.05) is 30.4 Å². The second-order valence-electron chi connectivity index (χ2n) is 5.93. The van der Waals surface area contributed by atoms with Gasteiger partial charge in [0.25, 0.3) is 0 Å². The minimum atomic E-state index is -0.357. The third-order valence-electron chi connectivity index (χ3n) is 4.12. The molecule has 4 heterocycles. The number of nitrogens with zero attached hydrogens (tertiary/aromatic N) is 4. The summed E-state index contributed by atoms with van der Waals surface area (Å²) in [6, 6.07) is 21.3. The molecular weight excluding hydrogens is 336 g/mol. The van der Waals surface area contributed by atoms with Crippen LogP contribution in [0.3, 0.4) is 0 Å². The minimum absolute atomic E-state index is 0.357. The molecule has 5 heteroatoms. The summed E-state index contributed by atoms with van der Waals surface area (Å²) >= 11 is 0. The van der Waals surface area contributed by atoms with Gasteiger partial charge in [-0.25, -0.2) is 0 Å². The van der Waals surface area contributed by atoms with E-state index >= 15 is 0 Å². The zero-order valence-electron chi connectivity index (χ0n) is 14.6. The van der Waals surface area contributed by atoms with Gasteiger partial charge in [-0.2, -0.15) is 0 Å². The maximum absolute atomic E-state index is 6.27. The van der Waals surface area contributed by atoms with Gasteiger partial charge in [-0.1, -0.05) is 24.3 Å². The first-order chi connectivity index (χ1) is 13.4. The Morgan fingerprint density at radius 2 is 1.26 bits per heavy atom. The van der Waals surface area contributed by atoms with Crippen molar-refractivity contribution in [3.63, 3.8) is 0 Å². The number of ether oxygens (including phenoxy) is 1. The van der Waals surface area contributed by atoms with Crippen molar-refractivity contribution in [2.24, 2.45) is 0 Å². The number of rotatable bonds is 6. The monoisotopic (exact) mass is 354 g/mol. The fourth-order valence-corrected chi connectivity index (χ4v) is 2.85. The van der Waals surface area contributed by atoms with Crippen LogP contribution in [0.4, 0.5) is 0 Å². The molecule has 0 radical (unpaired) electrons. The zero-order valence-corrected chi connectivity index (χ0v) is 14.6. The van der Waals surface area contributed by atoms with E-state index < -0.39 is 0 Å². The summed E-state index contributed by atoms with van der Waals surface area (Å²) in [6.07, 6.45) is 6.70. The van der Waals surface area contributed by atoms with Crippen LogP contribution in [-0.2, 0) is 11.3 Å². The lowest BCUT2D eigenvalue weighted by Crippen LogP contribution is -2.10. The van der Waals surface area contributed by atoms with Crippen molar-refractivity contribution in [1.29, 1.82) is 0 Å². The molecule has 132 valence electrons. The summed E-state index contributed by atoms with van der Waals surface area (Å²) in [5.41, 5.74) is 4.25.